The van der Waals surface area contributed by atoms with Gasteiger partial charge in [-0.15, -0.1) is 0 Å². The Morgan fingerprint density at radius 2 is 1.87 bits per heavy atom. The number of benzene rings is 1. The van der Waals surface area contributed by atoms with Gasteiger partial charge in [0.15, 0.2) is 17.4 Å². The molecule has 1 aromatic carbocycles. The lowest BCUT2D eigenvalue weighted by atomic mass is 10.1. The molecule has 1 aliphatic rings. The van der Waals surface area contributed by atoms with Crippen LogP contribution in [0.25, 0.3) is 0 Å². The second-order valence-electron chi connectivity index (χ2n) is 6.33. The first-order valence-electron chi connectivity index (χ1n) is 8.08. The quantitative estimate of drug-likeness (QED) is 0.840. The van der Waals surface area contributed by atoms with Crippen molar-refractivity contribution in [3.8, 4) is 11.5 Å². The fraction of sp³-hybridized carbons (Fsp3) is 0.500. The molecule has 0 N–H and O–H groups in total. The summed E-state index contributed by atoms with van der Waals surface area (Å²) in [5.74, 6) is 2.76. The summed E-state index contributed by atoms with van der Waals surface area (Å²) in [5.41, 5.74) is 2.16. The van der Waals surface area contributed by atoms with Crippen molar-refractivity contribution in [3.63, 3.8) is 0 Å². The zero-order chi connectivity index (χ0) is 16.4. The predicted octanol–water partition coefficient (Wildman–Crippen LogP) is 3.76. The zero-order valence-electron chi connectivity index (χ0n) is 14.2. The van der Waals surface area contributed by atoms with Crippen LogP contribution in [0.1, 0.15) is 49.9 Å². The fourth-order valence-electron chi connectivity index (χ4n) is 2.63. The van der Waals surface area contributed by atoms with Gasteiger partial charge in [0.2, 0.25) is 0 Å². The molecule has 0 saturated carbocycles. The minimum atomic E-state index is 0.241. The Labute approximate surface area is 137 Å². The molecule has 124 valence electrons. The third kappa shape index (κ3) is 3.50. The van der Waals surface area contributed by atoms with E-state index in [1.54, 1.807) is 6.26 Å². The molecule has 0 amide bonds. The Morgan fingerprint density at radius 3 is 2.57 bits per heavy atom. The van der Waals surface area contributed by atoms with Crippen molar-refractivity contribution >= 4 is 0 Å². The van der Waals surface area contributed by atoms with Crippen LogP contribution >= 0.6 is 0 Å². The summed E-state index contributed by atoms with van der Waals surface area (Å²) in [4.78, 5) is 6.79. The predicted molar refractivity (Wildman–Crippen MR) is 87.9 cm³/mol. The summed E-state index contributed by atoms with van der Waals surface area (Å²) in [6.45, 7) is 8.30. The molecule has 5 nitrogen and oxygen atoms in total. The second-order valence-corrected chi connectivity index (χ2v) is 6.33. The molecule has 0 saturated heterocycles. The largest absolute Gasteiger partial charge is 0.486 e. The van der Waals surface area contributed by atoms with Gasteiger partial charge in [-0.05, 0) is 31.7 Å². The highest BCUT2D eigenvalue weighted by atomic mass is 16.6. The van der Waals surface area contributed by atoms with Crippen LogP contribution in [-0.2, 0) is 6.54 Å². The lowest BCUT2D eigenvalue weighted by molar-refractivity contribution is 0.170. The first kappa shape index (κ1) is 15.9. The topological polar surface area (TPSA) is 47.7 Å². The number of hydrogen-bond acceptors (Lipinski definition) is 5. The van der Waals surface area contributed by atoms with E-state index in [9.17, 15) is 0 Å². The molecule has 0 bridgehead atoms. The van der Waals surface area contributed by atoms with Crippen LogP contribution in [0.5, 0.6) is 11.5 Å². The Balaban J connectivity index is 1.70. The summed E-state index contributed by atoms with van der Waals surface area (Å²) in [7, 11) is 2.09. The van der Waals surface area contributed by atoms with Crippen LogP contribution in [-0.4, -0.2) is 30.1 Å². The maximum absolute atomic E-state index is 5.67. The summed E-state index contributed by atoms with van der Waals surface area (Å²) in [5, 5.41) is 0. The maximum Gasteiger partial charge on any atom is 0.196 e. The molecular weight excluding hydrogens is 292 g/mol. The number of aromatic nitrogens is 1. The average molecular weight is 316 g/mol. The van der Waals surface area contributed by atoms with Crippen LogP contribution in [0, 0.1) is 0 Å². The van der Waals surface area contributed by atoms with Gasteiger partial charge in [-0.1, -0.05) is 19.9 Å². The van der Waals surface area contributed by atoms with E-state index in [2.05, 4.69) is 49.8 Å². The van der Waals surface area contributed by atoms with E-state index in [-0.39, 0.29) is 6.04 Å². The summed E-state index contributed by atoms with van der Waals surface area (Å²) in [6.07, 6.45) is 1.75. The minimum absolute atomic E-state index is 0.241. The normalized spacial score (nSPS) is 15.2. The molecule has 23 heavy (non-hydrogen) atoms. The molecule has 1 aliphatic heterocycles. The van der Waals surface area contributed by atoms with E-state index >= 15 is 0 Å². The van der Waals surface area contributed by atoms with Crippen molar-refractivity contribution in [3.05, 3.63) is 41.6 Å². The van der Waals surface area contributed by atoms with Gasteiger partial charge in [0.25, 0.3) is 0 Å². The average Bonchev–Trinajstić information content (AvgIpc) is 3.02. The number of nitrogens with zero attached hydrogens (tertiary/aromatic N) is 2. The summed E-state index contributed by atoms with van der Waals surface area (Å²) < 4.78 is 16.8. The van der Waals surface area contributed by atoms with Gasteiger partial charge in [-0.3, -0.25) is 4.90 Å². The molecule has 3 rings (SSSR count). The van der Waals surface area contributed by atoms with Crippen molar-refractivity contribution in [1.82, 2.24) is 9.88 Å². The van der Waals surface area contributed by atoms with Gasteiger partial charge in [0.05, 0.1) is 5.69 Å². The van der Waals surface area contributed by atoms with Gasteiger partial charge in [0.1, 0.15) is 19.5 Å². The third-order valence-electron chi connectivity index (χ3n) is 4.18. The van der Waals surface area contributed by atoms with Gasteiger partial charge in [-0.25, -0.2) is 4.98 Å². The molecule has 1 aromatic heterocycles. The van der Waals surface area contributed by atoms with Crippen LogP contribution in [0.3, 0.4) is 0 Å². The highest BCUT2D eigenvalue weighted by Gasteiger charge is 2.18. The lowest BCUT2D eigenvalue weighted by Gasteiger charge is -2.26. The zero-order valence-corrected chi connectivity index (χ0v) is 14.2. The van der Waals surface area contributed by atoms with Crippen molar-refractivity contribution < 1.29 is 13.9 Å². The molecule has 0 aliphatic carbocycles. The Morgan fingerprint density at radius 1 is 1.13 bits per heavy atom. The van der Waals surface area contributed by atoms with E-state index in [0.29, 0.717) is 19.1 Å². The first-order valence-corrected chi connectivity index (χ1v) is 8.08. The van der Waals surface area contributed by atoms with E-state index < -0.39 is 0 Å². The number of ether oxygens (including phenoxy) is 2. The molecule has 2 aromatic rings. The lowest BCUT2D eigenvalue weighted by Crippen LogP contribution is -2.22. The summed E-state index contributed by atoms with van der Waals surface area (Å²) >= 11 is 0. The molecule has 0 unspecified atom stereocenters. The van der Waals surface area contributed by atoms with E-state index in [0.717, 1.165) is 29.6 Å². The number of fused-ring (bicyclic) bond motifs is 1. The van der Waals surface area contributed by atoms with Crippen molar-refractivity contribution in [2.24, 2.45) is 0 Å². The SMILES string of the molecule is CC(C)c1nc(CN(C)[C@H](C)c2ccc3c(c2)OCCO3)co1. The van der Waals surface area contributed by atoms with Crippen LogP contribution in [0.15, 0.2) is 28.9 Å². The highest BCUT2D eigenvalue weighted by molar-refractivity contribution is 5.44. The van der Waals surface area contributed by atoms with Gasteiger partial charge >= 0.3 is 0 Å². The second kappa shape index (κ2) is 6.62. The Bertz CT molecular complexity index is 666. The third-order valence-corrected chi connectivity index (χ3v) is 4.18. The molecule has 0 spiro atoms. The van der Waals surface area contributed by atoms with Crippen molar-refractivity contribution in [1.29, 1.82) is 0 Å². The van der Waals surface area contributed by atoms with Crippen molar-refractivity contribution in [2.75, 3.05) is 20.3 Å². The van der Waals surface area contributed by atoms with Crippen LogP contribution < -0.4 is 9.47 Å². The van der Waals surface area contributed by atoms with Crippen molar-refractivity contribution in [2.45, 2.75) is 39.3 Å². The Hall–Kier alpha value is -2.01. The number of oxazole rings is 1. The standard InChI is InChI=1S/C18H24N2O3/c1-12(2)18-19-15(11-23-18)10-20(4)13(3)14-5-6-16-17(9-14)22-8-7-21-16/h5-6,9,11-13H,7-8,10H2,1-4H3/t13-/m1/s1. The molecule has 2 heterocycles. The minimum Gasteiger partial charge on any atom is -0.486 e. The van der Waals surface area contributed by atoms with Gasteiger partial charge in [-0.2, -0.15) is 0 Å². The highest BCUT2D eigenvalue weighted by Crippen LogP contribution is 2.34. The molecule has 5 heteroatoms. The molecule has 0 fully saturated rings. The van der Waals surface area contributed by atoms with E-state index in [4.69, 9.17) is 13.9 Å². The number of hydrogen-bond donors (Lipinski definition) is 0. The van der Waals surface area contributed by atoms with E-state index in [1.165, 1.54) is 5.56 Å². The Kier molecular flexibility index (Phi) is 4.57. The molecular formula is C18H24N2O3. The van der Waals surface area contributed by atoms with E-state index in [1.807, 2.05) is 6.07 Å². The van der Waals surface area contributed by atoms with Gasteiger partial charge in [0, 0.05) is 18.5 Å². The summed E-state index contributed by atoms with van der Waals surface area (Å²) in [6, 6.07) is 6.39. The molecule has 1 atom stereocenters. The van der Waals surface area contributed by atoms with Crippen LogP contribution in [0.2, 0.25) is 0 Å². The fourth-order valence-corrected chi connectivity index (χ4v) is 2.63. The maximum atomic E-state index is 5.67. The number of rotatable bonds is 5. The van der Waals surface area contributed by atoms with Gasteiger partial charge < -0.3 is 13.9 Å². The monoisotopic (exact) mass is 316 g/mol. The van der Waals surface area contributed by atoms with Crippen LogP contribution in [0.4, 0.5) is 0 Å². The molecule has 0 radical (unpaired) electrons. The smallest absolute Gasteiger partial charge is 0.196 e. The first-order chi connectivity index (χ1) is 11.0.